The van der Waals surface area contributed by atoms with Crippen molar-refractivity contribution in [3.05, 3.63) is 53.6 Å². The second-order valence-electron chi connectivity index (χ2n) is 9.51. The van der Waals surface area contributed by atoms with Gasteiger partial charge in [0.2, 0.25) is 17.7 Å². The van der Waals surface area contributed by atoms with Crippen molar-refractivity contribution in [2.75, 3.05) is 18.5 Å². The molecule has 2 aromatic carbocycles. The molecule has 0 aliphatic carbocycles. The molecule has 0 unspecified atom stereocenters. The maximum atomic E-state index is 13.8. The van der Waals surface area contributed by atoms with Crippen LogP contribution in [0.3, 0.4) is 0 Å². The van der Waals surface area contributed by atoms with Gasteiger partial charge in [0.1, 0.15) is 5.54 Å². The van der Waals surface area contributed by atoms with E-state index in [4.69, 9.17) is 4.74 Å². The minimum absolute atomic E-state index is 0.187. The van der Waals surface area contributed by atoms with E-state index in [1.807, 2.05) is 18.2 Å². The number of phenols is 2. The Morgan fingerprint density at radius 1 is 1.06 bits per heavy atom. The van der Waals surface area contributed by atoms with E-state index in [0.717, 1.165) is 12.8 Å². The third kappa shape index (κ3) is 2.90. The highest BCUT2D eigenvalue weighted by molar-refractivity contribution is 6.15. The summed E-state index contributed by atoms with van der Waals surface area (Å²) in [6, 6.07) is 11.2. The molecule has 4 aliphatic heterocycles. The lowest BCUT2D eigenvalue weighted by atomic mass is 9.76. The number of fused-ring (bicyclic) bond motifs is 4. The molecule has 34 heavy (non-hydrogen) atoms. The Labute approximate surface area is 195 Å². The van der Waals surface area contributed by atoms with Gasteiger partial charge in [0.25, 0.3) is 0 Å². The Balaban J connectivity index is 1.42. The lowest BCUT2D eigenvalue weighted by Crippen LogP contribution is -2.54. The minimum atomic E-state index is -1.36. The van der Waals surface area contributed by atoms with Gasteiger partial charge in [0, 0.05) is 23.9 Å². The Morgan fingerprint density at radius 2 is 1.88 bits per heavy atom. The van der Waals surface area contributed by atoms with E-state index in [9.17, 15) is 24.6 Å². The third-order valence-electron chi connectivity index (χ3n) is 7.62. The SMILES string of the molecule is O=C1[C@H]2[C@H](Cc3ccc(O)c(O)c3)N[C@@]3(C(=O)Nc4ccccc43)[C@H]2C(=O)N1C[C@H]1CCCO1. The quantitative estimate of drug-likeness (QED) is 0.397. The summed E-state index contributed by atoms with van der Waals surface area (Å²) >= 11 is 0. The largest absolute Gasteiger partial charge is 0.504 e. The number of nitrogens with one attached hydrogen (secondary N) is 2. The number of carbonyl (C=O) groups is 3. The van der Waals surface area contributed by atoms with Crippen LogP contribution in [0.25, 0.3) is 0 Å². The number of aromatic hydroxyl groups is 2. The maximum absolute atomic E-state index is 13.8. The molecule has 0 bridgehead atoms. The van der Waals surface area contributed by atoms with Crippen LogP contribution in [0, 0.1) is 11.8 Å². The summed E-state index contributed by atoms with van der Waals surface area (Å²) in [7, 11) is 0. The van der Waals surface area contributed by atoms with E-state index in [1.54, 1.807) is 12.1 Å². The summed E-state index contributed by atoms with van der Waals surface area (Å²) in [6.07, 6.45) is 1.78. The van der Waals surface area contributed by atoms with Crippen molar-refractivity contribution in [1.82, 2.24) is 10.2 Å². The van der Waals surface area contributed by atoms with Crippen molar-refractivity contribution in [2.24, 2.45) is 11.8 Å². The smallest absolute Gasteiger partial charge is 0.250 e. The molecule has 3 amide bonds. The molecule has 9 nitrogen and oxygen atoms in total. The number of carbonyl (C=O) groups excluding carboxylic acids is 3. The molecule has 0 radical (unpaired) electrons. The first-order valence-electron chi connectivity index (χ1n) is 11.6. The van der Waals surface area contributed by atoms with Crippen LogP contribution < -0.4 is 10.6 Å². The van der Waals surface area contributed by atoms with E-state index in [1.165, 1.54) is 17.0 Å². The molecule has 9 heteroatoms. The highest BCUT2D eigenvalue weighted by Crippen LogP contribution is 2.53. The molecular formula is C25H25N3O6. The van der Waals surface area contributed by atoms with Crippen molar-refractivity contribution in [3.8, 4) is 11.5 Å². The van der Waals surface area contributed by atoms with Crippen LogP contribution in [0.2, 0.25) is 0 Å². The lowest BCUT2D eigenvalue weighted by molar-refractivity contribution is -0.144. The lowest BCUT2D eigenvalue weighted by Gasteiger charge is -2.30. The van der Waals surface area contributed by atoms with Gasteiger partial charge in [-0.3, -0.25) is 24.6 Å². The molecule has 4 N–H and O–H groups in total. The van der Waals surface area contributed by atoms with E-state index < -0.39 is 23.4 Å². The van der Waals surface area contributed by atoms with Crippen molar-refractivity contribution in [2.45, 2.75) is 36.9 Å². The van der Waals surface area contributed by atoms with Gasteiger partial charge < -0.3 is 20.3 Å². The monoisotopic (exact) mass is 463 g/mol. The molecule has 3 saturated heterocycles. The van der Waals surface area contributed by atoms with Crippen LogP contribution in [0.15, 0.2) is 42.5 Å². The zero-order chi connectivity index (χ0) is 23.6. The number of likely N-dealkylation sites (tertiary alicyclic amines) is 1. The Morgan fingerprint density at radius 3 is 2.65 bits per heavy atom. The third-order valence-corrected chi connectivity index (χ3v) is 7.62. The average molecular weight is 463 g/mol. The molecule has 2 aromatic rings. The minimum Gasteiger partial charge on any atom is -0.504 e. The molecule has 0 saturated carbocycles. The van der Waals surface area contributed by atoms with E-state index >= 15 is 0 Å². The maximum Gasteiger partial charge on any atom is 0.250 e. The number of nitrogens with zero attached hydrogens (tertiary/aromatic N) is 1. The Bertz CT molecular complexity index is 1210. The normalized spacial score (nSPS) is 31.9. The molecule has 4 aliphatic rings. The van der Waals surface area contributed by atoms with Gasteiger partial charge in [0.15, 0.2) is 11.5 Å². The number of ether oxygens (including phenoxy) is 1. The molecule has 1 spiro atoms. The van der Waals surface area contributed by atoms with Gasteiger partial charge in [-0.15, -0.1) is 0 Å². The zero-order valence-electron chi connectivity index (χ0n) is 18.4. The number of hydrogen-bond acceptors (Lipinski definition) is 7. The topological polar surface area (TPSA) is 128 Å². The van der Waals surface area contributed by atoms with Gasteiger partial charge >= 0.3 is 0 Å². The number of anilines is 1. The van der Waals surface area contributed by atoms with Crippen molar-refractivity contribution in [3.63, 3.8) is 0 Å². The fourth-order valence-electron chi connectivity index (χ4n) is 6.11. The summed E-state index contributed by atoms with van der Waals surface area (Å²) in [4.78, 5) is 42.1. The summed E-state index contributed by atoms with van der Waals surface area (Å²) < 4.78 is 5.68. The predicted octanol–water partition coefficient (Wildman–Crippen LogP) is 1.24. The van der Waals surface area contributed by atoms with Crippen molar-refractivity contribution >= 4 is 23.4 Å². The fourth-order valence-corrected chi connectivity index (χ4v) is 6.11. The number of rotatable bonds is 4. The fraction of sp³-hybridized carbons (Fsp3) is 0.400. The summed E-state index contributed by atoms with van der Waals surface area (Å²) in [6.45, 7) is 0.804. The molecule has 176 valence electrons. The molecule has 5 atom stereocenters. The molecule has 0 aromatic heterocycles. The van der Waals surface area contributed by atoms with Crippen molar-refractivity contribution in [1.29, 1.82) is 0 Å². The first-order chi connectivity index (χ1) is 16.4. The highest BCUT2D eigenvalue weighted by Gasteiger charge is 2.70. The summed E-state index contributed by atoms with van der Waals surface area (Å²) in [5, 5.41) is 25.9. The second-order valence-corrected chi connectivity index (χ2v) is 9.51. The standard InChI is InChI=1S/C25H25N3O6/c29-18-8-7-13(11-19(18)30)10-17-20-21(23(32)28(22(20)31)12-14-4-3-9-34-14)25(27-17)15-5-1-2-6-16(15)26-24(25)33/h1-2,5-8,11,14,17,20-21,27,29-30H,3-4,9-10,12H2,(H,26,33)/t14-,17+,20+,21-,25-/m1/s1. The first-order valence-corrected chi connectivity index (χ1v) is 11.6. The van der Waals surface area contributed by atoms with Crippen LogP contribution in [0.1, 0.15) is 24.0 Å². The summed E-state index contributed by atoms with van der Waals surface area (Å²) in [5.74, 6) is -3.15. The number of phenolic OH excluding ortho intramolecular Hbond substituents is 2. The number of hydrogen-bond donors (Lipinski definition) is 4. The van der Waals surface area contributed by atoms with Gasteiger partial charge in [-0.25, -0.2) is 0 Å². The molecule has 6 rings (SSSR count). The molecular weight excluding hydrogens is 438 g/mol. The Hall–Kier alpha value is -3.43. The van der Waals surface area contributed by atoms with Gasteiger partial charge in [-0.2, -0.15) is 0 Å². The number of benzene rings is 2. The van der Waals surface area contributed by atoms with Gasteiger partial charge in [-0.1, -0.05) is 24.3 Å². The second kappa shape index (κ2) is 7.54. The van der Waals surface area contributed by atoms with E-state index in [0.29, 0.717) is 29.8 Å². The van der Waals surface area contributed by atoms with E-state index in [-0.39, 0.29) is 41.9 Å². The van der Waals surface area contributed by atoms with Gasteiger partial charge in [0.05, 0.1) is 24.5 Å². The Kier molecular flexibility index (Phi) is 4.69. The molecule has 3 fully saturated rings. The van der Waals surface area contributed by atoms with Crippen LogP contribution in [-0.2, 0) is 31.1 Å². The van der Waals surface area contributed by atoms with Crippen LogP contribution in [0.5, 0.6) is 11.5 Å². The van der Waals surface area contributed by atoms with E-state index in [2.05, 4.69) is 10.6 Å². The molecule has 4 heterocycles. The predicted molar refractivity (Wildman–Crippen MR) is 120 cm³/mol. The summed E-state index contributed by atoms with van der Waals surface area (Å²) in [5.41, 5.74) is 0.599. The number of para-hydroxylation sites is 1. The number of amides is 3. The zero-order valence-corrected chi connectivity index (χ0v) is 18.4. The first kappa shape index (κ1) is 21.1. The van der Waals surface area contributed by atoms with Gasteiger partial charge in [-0.05, 0) is 43.0 Å². The van der Waals surface area contributed by atoms with Crippen LogP contribution in [-0.4, -0.2) is 58.1 Å². The highest BCUT2D eigenvalue weighted by atomic mass is 16.5. The number of imide groups is 1. The average Bonchev–Trinajstić information content (AvgIpc) is 3.56. The van der Waals surface area contributed by atoms with Crippen LogP contribution in [0.4, 0.5) is 5.69 Å². The van der Waals surface area contributed by atoms with Crippen LogP contribution >= 0.6 is 0 Å². The van der Waals surface area contributed by atoms with Crippen molar-refractivity contribution < 1.29 is 29.3 Å².